The number of aromatic nitrogens is 4. The first-order chi connectivity index (χ1) is 20.0. The molecule has 11 nitrogen and oxygen atoms in total. The standard InChI is InChI=1S/C26H26ClF4N7O4/c1-41-25-33-16-7-18(19-14(26(29,30)31)3-4-15(32)21(19)28)42-11-13(16)23(34-25)36-5-2-6-38-17(10-36)20(27)22(35-38)24(40)37-8-12(39)9-37/h3-4,12,18,39H,2,5-11,32H2,1H3. The Morgan fingerprint density at radius 3 is 2.69 bits per heavy atom. The summed E-state index contributed by atoms with van der Waals surface area (Å²) >= 11 is 6.65. The van der Waals surface area contributed by atoms with E-state index in [0.29, 0.717) is 42.3 Å². The number of anilines is 2. The van der Waals surface area contributed by atoms with E-state index in [0.717, 1.165) is 12.1 Å². The van der Waals surface area contributed by atoms with Crippen molar-refractivity contribution in [3.8, 4) is 6.01 Å². The third-order valence-electron chi connectivity index (χ3n) is 7.66. The van der Waals surface area contributed by atoms with Crippen molar-refractivity contribution in [3.63, 3.8) is 0 Å². The zero-order valence-corrected chi connectivity index (χ0v) is 23.0. The summed E-state index contributed by atoms with van der Waals surface area (Å²) in [5.41, 5.74) is 4.89. The summed E-state index contributed by atoms with van der Waals surface area (Å²) in [6, 6.07) is 1.60. The summed E-state index contributed by atoms with van der Waals surface area (Å²) in [6.07, 6.45) is -6.28. The van der Waals surface area contributed by atoms with E-state index in [1.165, 1.54) is 12.0 Å². The zero-order chi connectivity index (χ0) is 29.9. The van der Waals surface area contributed by atoms with Crippen molar-refractivity contribution >= 4 is 29.0 Å². The number of benzene rings is 1. The minimum Gasteiger partial charge on any atom is -0.467 e. The number of aliphatic hydroxyl groups excluding tert-OH is 1. The number of carbonyl (C=O) groups is 1. The number of likely N-dealkylation sites (tertiary alicyclic amines) is 1. The fourth-order valence-corrected chi connectivity index (χ4v) is 5.79. The number of nitrogens with two attached hydrogens (primary N) is 1. The molecule has 5 heterocycles. The van der Waals surface area contributed by atoms with Crippen molar-refractivity contribution in [3.05, 3.63) is 56.7 Å². The number of methoxy groups -OCH3 is 1. The molecule has 1 aromatic carbocycles. The Kier molecular flexibility index (Phi) is 7.14. The van der Waals surface area contributed by atoms with Crippen LogP contribution in [0.15, 0.2) is 12.1 Å². The number of halogens is 5. The van der Waals surface area contributed by atoms with Gasteiger partial charge < -0.3 is 30.1 Å². The number of hydrogen-bond acceptors (Lipinski definition) is 9. The average molecular weight is 612 g/mol. The van der Waals surface area contributed by atoms with Crippen molar-refractivity contribution in [1.82, 2.24) is 24.6 Å². The Bertz CT molecular complexity index is 1560. The van der Waals surface area contributed by atoms with E-state index in [2.05, 4.69) is 15.1 Å². The lowest BCUT2D eigenvalue weighted by Gasteiger charge is -2.35. The van der Waals surface area contributed by atoms with Gasteiger partial charge in [0.2, 0.25) is 0 Å². The van der Waals surface area contributed by atoms with Gasteiger partial charge in [0.15, 0.2) is 11.5 Å². The fraction of sp³-hybridized carbons (Fsp3) is 0.462. The number of hydrogen-bond donors (Lipinski definition) is 2. The van der Waals surface area contributed by atoms with Crippen molar-refractivity contribution in [2.75, 3.05) is 37.4 Å². The number of carbonyl (C=O) groups excluding carboxylic acids is 1. The summed E-state index contributed by atoms with van der Waals surface area (Å²) in [5, 5.41) is 14.2. The van der Waals surface area contributed by atoms with Crippen LogP contribution in [-0.4, -0.2) is 68.5 Å². The molecule has 1 saturated heterocycles. The highest BCUT2D eigenvalue weighted by atomic mass is 35.5. The van der Waals surface area contributed by atoms with Crippen LogP contribution in [0.3, 0.4) is 0 Å². The van der Waals surface area contributed by atoms with E-state index < -0.39 is 41.0 Å². The lowest BCUT2D eigenvalue weighted by molar-refractivity contribution is -0.140. The van der Waals surface area contributed by atoms with E-state index in [4.69, 9.17) is 26.8 Å². The molecule has 0 bridgehead atoms. The van der Waals surface area contributed by atoms with E-state index >= 15 is 4.39 Å². The smallest absolute Gasteiger partial charge is 0.416 e. The zero-order valence-electron chi connectivity index (χ0n) is 22.3. The van der Waals surface area contributed by atoms with Gasteiger partial charge >= 0.3 is 12.2 Å². The van der Waals surface area contributed by atoms with Crippen LogP contribution in [-0.2, 0) is 37.0 Å². The second-order valence-corrected chi connectivity index (χ2v) is 10.7. The number of alkyl halides is 3. The molecule has 0 aliphatic carbocycles. The molecule has 1 fully saturated rings. The molecule has 1 unspecified atom stereocenters. The highest BCUT2D eigenvalue weighted by molar-refractivity contribution is 6.34. The normalized spacial score (nSPS) is 19.2. The second-order valence-electron chi connectivity index (χ2n) is 10.4. The fourth-order valence-electron chi connectivity index (χ4n) is 5.51. The summed E-state index contributed by atoms with van der Waals surface area (Å²) in [6.45, 7) is 1.40. The Hall–Kier alpha value is -3.69. The minimum atomic E-state index is -4.83. The Balaban J connectivity index is 1.34. The molecule has 1 amide bonds. The summed E-state index contributed by atoms with van der Waals surface area (Å²) in [4.78, 5) is 25.1. The van der Waals surface area contributed by atoms with Gasteiger partial charge in [0, 0.05) is 43.7 Å². The van der Waals surface area contributed by atoms with Gasteiger partial charge in [-0.3, -0.25) is 9.48 Å². The van der Waals surface area contributed by atoms with Crippen LogP contribution in [0.25, 0.3) is 0 Å². The number of ether oxygens (including phenoxy) is 2. The quantitative estimate of drug-likeness (QED) is 0.337. The summed E-state index contributed by atoms with van der Waals surface area (Å²) in [5.74, 6) is -1.14. The molecular weight excluding hydrogens is 586 g/mol. The van der Waals surface area contributed by atoms with Crippen LogP contribution in [0, 0.1) is 5.82 Å². The van der Waals surface area contributed by atoms with Crippen molar-refractivity contribution < 1.29 is 36.9 Å². The monoisotopic (exact) mass is 611 g/mol. The lowest BCUT2D eigenvalue weighted by atomic mass is 9.94. The van der Waals surface area contributed by atoms with Crippen LogP contribution in [0.4, 0.5) is 29.1 Å². The van der Waals surface area contributed by atoms with Gasteiger partial charge in [-0.25, -0.2) is 4.39 Å². The van der Waals surface area contributed by atoms with Gasteiger partial charge in [-0.15, -0.1) is 0 Å². The topological polar surface area (TPSA) is 132 Å². The molecule has 0 spiro atoms. The number of nitrogen functional groups attached to an aromatic ring is 1. The predicted octanol–water partition coefficient (Wildman–Crippen LogP) is 3.12. The third-order valence-corrected chi connectivity index (χ3v) is 8.06. The van der Waals surface area contributed by atoms with E-state index in [-0.39, 0.29) is 55.3 Å². The van der Waals surface area contributed by atoms with Crippen LogP contribution in [0.1, 0.15) is 51.1 Å². The van der Waals surface area contributed by atoms with Gasteiger partial charge in [0.25, 0.3) is 5.91 Å². The first kappa shape index (κ1) is 28.4. The number of fused-ring (bicyclic) bond motifs is 2. The second kappa shape index (κ2) is 10.5. The van der Waals surface area contributed by atoms with Crippen LogP contribution in [0.5, 0.6) is 6.01 Å². The average Bonchev–Trinajstić information content (AvgIpc) is 3.10. The highest BCUT2D eigenvalue weighted by Gasteiger charge is 2.40. The molecule has 3 N–H and O–H groups in total. The number of amides is 1. The maximum Gasteiger partial charge on any atom is 0.416 e. The van der Waals surface area contributed by atoms with E-state index in [1.807, 2.05) is 4.90 Å². The van der Waals surface area contributed by atoms with Gasteiger partial charge in [-0.1, -0.05) is 11.6 Å². The maximum atomic E-state index is 15.0. The molecule has 0 saturated carbocycles. The SMILES string of the molecule is COc1nc2c(c(N3CCCn4nc(C(=O)N5CC(O)C5)c(Cl)c4C3)n1)COC(c1c(C(F)(F)F)ccc(N)c1F)C2. The Labute approximate surface area is 241 Å². The largest absolute Gasteiger partial charge is 0.467 e. The van der Waals surface area contributed by atoms with Crippen LogP contribution < -0.4 is 15.4 Å². The van der Waals surface area contributed by atoms with Crippen molar-refractivity contribution in [2.24, 2.45) is 0 Å². The van der Waals surface area contributed by atoms with Gasteiger partial charge in [0.1, 0.15) is 5.82 Å². The third kappa shape index (κ3) is 4.88. The molecule has 3 aliphatic heterocycles. The molecule has 42 heavy (non-hydrogen) atoms. The highest BCUT2D eigenvalue weighted by Crippen LogP contribution is 2.43. The molecule has 16 heteroatoms. The van der Waals surface area contributed by atoms with Crippen molar-refractivity contribution in [2.45, 2.75) is 50.9 Å². The van der Waals surface area contributed by atoms with Crippen LogP contribution >= 0.6 is 11.6 Å². The van der Waals surface area contributed by atoms with E-state index in [1.54, 1.807) is 4.68 Å². The molecule has 0 radical (unpaired) electrons. The molecule has 2 aromatic heterocycles. The van der Waals surface area contributed by atoms with Gasteiger partial charge in [-0.05, 0) is 18.6 Å². The van der Waals surface area contributed by atoms with Gasteiger partial charge in [0.05, 0.1) is 60.1 Å². The first-order valence-electron chi connectivity index (χ1n) is 13.1. The Morgan fingerprint density at radius 2 is 2.00 bits per heavy atom. The number of aryl methyl sites for hydroxylation is 1. The maximum absolute atomic E-state index is 15.0. The summed E-state index contributed by atoms with van der Waals surface area (Å²) < 4.78 is 69.2. The molecule has 224 valence electrons. The molecule has 3 aromatic rings. The first-order valence-corrected chi connectivity index (χ1v) is 13.5. The molecule has 1 atom stereocenters. The Morgan fingerprint density at radius 1 is 1.24 bits per heavy atom. The molecule has 3 aliphatic rings. The predicted molar refractivity (Wildman–Crippen MR) is 140 cm³/mol. The number of rotatable bonds is 4. The number of β-amino-alcohol motifs (C(OH)–C–C–N with tert-alkyl or cyclic N) is 1. The lowest BCUT2D eigenvalue weighted by Crippen LogP contribution is -2.53. The summed E-state index contributed by atoms with van der Waals surface area (Å²) in [7, 11) is 1.36. The van der Waals surface area contributed by atoms with E-state index in [9.17, 15) is 23.1 Å². The van der Waals surface area contributed by atoms with Crippen LogP contribution in [0.2, 0.25) is 5.02 Å². The molecule has 6 rings (SSSR count). The van der Waals surface area contributed by atoms with Gasteiger partial charge in [-0.2, -0.15) is 28.2 Å². The van der Waals surface area contributed by atoms with Crippen molar-refractivity contribution in [1.29, 1.82) is 0 Å². The number of nitrogens with zero attached hydrogens (tertiary/aromatic N) is 6. The number of aliphatic hydroxyl groups is 1. The minimum absolute atomic E-state index is 0.0236. The molecular formula is C26H26ClF4N7O4.